The van der Waals surface area contributed by atoms with Crippen molar-refractivity contribution in [2.24, 2.45) is 0 Å². The highest BCUT2D eigenvalue weighted by molar-refractivity contribution is 5.51. The summed E-state index contributed by atoms with van der Waals surface area (Å²) in [6, 6.07) is 7.61. The van der Waals surface area contributed by atoms with Gasteiger partial charge in [0.2, 0.25) is 0 Å². The second-order valence-corrected chi connectivity index (χ2v) is 3.49. The molecule has 2 unspecified atom stereocenters. The number of rotatable bonds is 1. The fraction of sp³-hybridized carbons (Fsp3) is 0.400. The van der Waals surface area contributed by atoms with E-state index < -0.39 is 0 Å². The van der Waals surface area contributed by atoms with E-state index in [0.717, 1.165) is 5.75 Å². The summed E-state index contributed by atoms with van der Waals surface area (Å²) in [5.74, 6) is 1.05. The van der Waals surface area contributed by atoms with Crippen LogP contribution < -0.4 is 10.1 Å². The van der Waals surface area contributed by atoms with Crippen LogP contribution in [0.3, 0.4) is 0 Å². The Kier molecular flexibility index (Phi) is 1.09. The number of benzene rings is 1. The molecule has 2 heteroatoms. The third kappa shape index (κ3) is 0.681. The largest absolute Gasteiger partial charge is 0.496 e. The second kappa shape index (κ2) is 2.02. The Hall–Kier alpha value is -1.02. The molecule has 1 fully saturated rings. The van der Waals surface area contributed by atoms with Crippen molar-refractivity contribution in [1.82, 2.24) is 5.32 Å². The third-order valence-corrected chi connectivity index (χ3v) is 2.81. The Labute approximate surface area is 71.5 Å². The van der Waals surface area contributed by atoms with Crippen LogP contribution in [0.4, 0.5) is 0 Å². The molecule has 2 aliphatic rings. The van der Waals surface area contributed by atoms with Crippen molar-refractivity contribution in [1.29, 1.82) is 0 Å². The van der Waals surface area contributed by atoms with E-state index in [4.69, 9.17) is 4.74 Å². The summed E-state index contributed by atoms with van der Waals surface area (Å²) in [5.41, 5.74) is 2.85. The Bertz CT molecular complexity index is 335. The maximum atomic E-state index is 5.31. The van der Waals surface area contributed by atoms with E-state index in [-0.39, 0.29) is 0 Å². The molecular weight excluding hydrogens is 150 g/mol. The van der Waals surface area contributed by atoms with Gasteiger partial charge in [0.1, 0.15) is 5.75 Å². The molecule has 0 radical (unpaired) electrons. The summed E-state index contributed by atoms with van der Waals surface area (Å²) < 4.78 is 5.31. The molecule has 1 aliphatic carbocycles. The van der Waals surface area contributed by atoms with Crippen molar-refractivity contribution < 1.29 is 4.74 Å². The molecule has 1 aliphatic heterocycles. The van der Waals surface area contributed by atoms with Gasteiger partial charge < -0.3 is 10.1 Å². The number of hydrogen-bond donors (Lipinski definition) is 1. The molecule has 1 saturated heterocycles. The van der Waals surface area contributed by atoms with Crippen LogP contribution in [0.1, 0.15) is 17.2 Å². The minimum Gasteiger partial charge on any atom is -0.496 e. The predicted octanol–water partition coefficient (Wildman–Crippen LogP) is 1.26. The van der Waals surface area contributed by atoms with Crippen LogP contribution in [0.2, 0.25) is 0 Å². The van der Waals surface area contributed by atoms with Crippen LogP contribution >= 0.6 is 0 Å². The van der Waals surface area contributed by atoms with E-state index in [1.165, 1.54) is 17.5 Å². The quantitative estimate of drug-likeness (QED) is 0.629. The van der Waals surface area contributed by atoms with Gasteiger partial charge in [0.15, 0.2) is 0 Å². The van der Waals surface area contributed by atoms with E-state index in [1.54, 1.807) is 7.11 Å². The molecule has 1 aromatic rings. The van der Waals surface area contributed by atoms with Crippen LogP contribution in [0.25, 0.3) is 0 Å². The molecule has 12 heavy (non-hydrogen) atoms. The fourth-order valence-corrected chi connectivity index (χ4v) is 2.17. The van der Waals surface area contributed by atoms with Crippen molar-refractivity contribution in [3.05, 3.63) is 29.3 Å². The Balaban J connectivity index is 2.18. The molecule has 1 N–H and O–H groups in total. The lowest BCUT2D eigenvalue weighted by atomic mass is 10.1. The molecule has 0 bridgehead atoms. The number of hydrogen-bond acceptors (Lipinski definition) is 2. The standard InChI is InChI=1S/C10H11NO/c1-12-8-4-2-3-6-5-7-10(11-7)9(6)8/h2-4,7,10-11H,5H2,1H3. The summed E-state index contributed by atoms with van der Waals surface area (Å²) in [4.78, 5) is 0. The molecule has 2 nitrogen and oxygen atoms in total. The van der Waals surface area contributed by atoms with Crippen LogP contribution in [0.15, 0.2) is 18.2 Å². The number of nitrogens with one attached hydrogen (secondary N) is 1. The first-order chi connectivity index (χ1) is 5.90. The highest BCUT2D eigenvalue weighted by Gasteiger charge is 2.46. The smallest absolute Gasteiger partial charge is 0.123 e. The average molecular weight is 161 g/mol. The fourth-order valence-electron chi connectivity index (χ4n) is 2.17. The molecule has 1 heterocycles. The molecule has 3 rings (SSSR count). The zero-order valence-corrected chi connectivity index (χ0v) is 7.00. The second-order valence-electron chi connectivity index (χ2n) is 3.49. The lowest BCUT2D eigenvalue weighted by Gasteiger charge is -2.07. The first-order valence-corrected chi connectivity index (χ1v) is 4.32. The van der Waals surface area contributed by atoms with E-state index in [0.29, 0.717) is 12.1 Å². The molecule has 0 spiro atoms. The summed E-state index contributed by atoms with van der Waals surface area (Å²) in [7, 11) is 1.74. The van der Waals surface area contributed by atoms with E-state index in [2.05, 4.69) is 17.4 Å². The van der Waals surface area contributed by atoms with Gasteiger partial charge in [-0.05, 0) is 18.1 Å². The third-order valence-electron chi connectivity index (χ3n) is 2.81. The molecule has 0 saturated carbocycles. The highest BCUT2D eigenvalue weighted by Crippen LogP contribution is 2.45. The monoisotopic (exact) mass is 161 g/mol. The highest BCUT2D eigenvalue weighted by atomic mass is 16.5. The van der Waals surface area contributed by atoms with Crippen LogP contribution in [-0.2, 0) is 6.42 Å². The lowest BCUT2D eigenvalue weighted by molar-refractivity contribution is 0.409. The maximum absolute atomic E-state index is 5.31. The number of methoxy groups -OCH3 is 1. The average Bonchev–Trinajstić information content (AvgIpc) is 2.77. The zero-order valence-electron chi connectivity index (χ0n) is 7.00. The Morgan fingerprint density at radius 3 is 3.25 bits per heavy atom. The Morgan fingerprint density at radius 2 is 2.42 bits per heavy atom. The van der Waals surface area contributed by atoms with Gasteiger partial charge in [0, 0.05) is 11.6 Å². The number of ether oxygens (including phenoxy) is 1. The molecule has 0 aromatic heterocycles. The molecule has 62 valence electrons. The summed E-state index contributed by atoms with van der Waals surface area (Å²) in [6.45, 7) is 0. The van der Waals surface area contributed by atoms with Gasteiger partial charge >= 0.3 is 0 Å². The van der Waals surface area contributed by atoms with Gasteiger partial charge in [0.05, 0.1) is 13.2 Å². The van der Waals surface area contributed by atoms with Crippen molar-refractivity contribution in [2.75, 3.05) is 7.11 Å². The van der Waals surface area contributed by atoms with E-state index in [9.17, 15) is 0 Å². The van der Waals surface area contributed by atoms with Crippen LogP contribution in [0, 0.1) is 0 Å². The van der Waals surface area contributed by atoms with Gasteiger partial charge in [-0.1, -0.05) is 12.1 Å². The lowest BCUT2D eigenvalue weighted by Crippen LogP contribution is -1.98. The van der Waals surface area contributed by atoms with Gasteiger partial charge in [-0.2, -0.15) is 0 Å². The topological polar surface area (TPSA) is 31.2 Å². The molecule has 2 atom stereocenters. The van der Waals surface area contributed by atoms with Crippen molar-refractivity contribution in [3.8, 4) is 5.75 Å². The van der Waals surface area contributed by atoms with Gasteiger partial charge in [-0.25, -0.2) is 0 Å². The predicted molar refractivity (Wildman–Crippen MR) is 46.4 cm³/mol. The number of fused-ring (bicyclic) bond motifs is 3. The van der Waals surface area contributed by atoms with Crippen molar-refractivity contribution >= 4 is 0 Å². The minimum atomic E-state index is 0.594. The maximum Gasteiger partial charge on any atom is 0.123 e. The summed E-state index contributed by atoms with van der Waals surface area (Å²) in [5, 5.41) is 3.42. The Morgan fingerprint density at radius 1 is 1.50 bits per heavy atom. The van der Waals surface area contributed by atoms with E-state index >= 15 is 0 Å². The minimum absolute atomic E-state index is 0.594. The first-order valence-electron chi connectivity index (χ1n) is 4.32. The normalized spacial score (nSPS) is 29.4. The van der Waals surface area contributed by atoms with Gasteiger partial charge in [-0.3, -0.25) is 0 Å². The molecule has 0 amide bonds. The SMILES string of the molecule is COc1cccc2c1C1NC1C2. The van der Waals surface area contributed by atoms with Gasteiger partial charge in [-0.15, -0.1) is 0 Å². The van der Waals surface area contributed by atoms with E-state index in [1.807, 2.05) is 6.07 Å². The molecule has 1 aromatic carbocycles. The van der Waals surface area contributed by atoms with Crippen molar-refractivity contribution in [2.45, 2.75) is 18.5 Å². The summed E-state index contributed by atoms with van der Waals surface area (Å²) >= 11 is 0. The molecular formula is C10H11NO. The van der Waals surface area contributed by atoms with Crippen molar-refractivity contribution in [3.63, 3.8) is 0 Å². The van der Waals surface area contributed by atoms with Gasteiger partial charge in [0.25, 0.3) is 0 Å². The van der Waals surface area contributed by atoms with Crippen LogP contribution in [-0.4, -0.2) is 13.2 Å². The zero-order chi connectivity index (χ0) is 8.13. The first kappa shape index (κ1) is 6.49. The van der Waals surface area contributed by atoms with Crippen LogP contribution in [0.5, 0.6) is 5.75 Å². The summed E-state index contributed by atoms with van der Waals surface area (Å²) in [6.07, 6.45) is 1.18.